The lowest BCUT2D eigenvalue weighted by molar-refractivity contribution is -0.136. The minimum Gasteiger partial charge on any atom is -0.334 e. The molecule has 0 unspecified atom stereocenters. The average Bonchev–Trinajstić information content (AvgIpc) is 3.09. The highest BCUT2D eigenvalue weighted by molar-refractivity contribution is 5.80. The smallest absolute Gasteiger partial charge is 0.226 e. The zero-order valence-corrected chi connectivity index (χ0v) is 10.5. The highest BCUT2D eigenvalue weighted by atomic mass is 16.2. The lowest BCUT2D eigenvalue weighted by atomic mass is 9.93. The van der Waals surface area contributed by atoms with E-state index in [4.69, 9.17) is 0 Å². The molecule has 0 radical (unpaired) electrons. The summed E-state index contributed by atoms with van der Waals surface area (Å²) < 4.78 is 0. The minimum absolute atomic E-state index is 0.193. The van der Waals surface area contributed by atoms with Gasteiger partial charge in [0.1, 0.15) is 0 Å². The Balaban J connectivity index is 1.74. The second kappa shape index (κ2) is 4.96. The molecule has 1 fully saturated rings. The van der Waals surface area contributed by atoms with Gasteiger partial charge in [0.05, 0.1) is 11.7 Å². The van der Waals surface area contributed by atoms with Gasteiger partial charge in [-0.3, -0.25) is 9.89 Å². The van der Waals surface area contributed by atoms with E-state index in [1.165, 1.54) is 0 Å². The molecule has 18 heavy (non-hydrogen) atoms. The maximum absolute atomic E-state index is 12.6. The number of H-pyrrole nitrogens is 1. The van der Waals surface area contributed by atoms with Crippen molar-refractivity contribution in [3.63, 3.8) is 0 Å². The van der Waals surface area contributed by atoms with Gasteiger partial charge in [-0.2, -0.15) is 5.10 Å². The van der Waals surface area contributed by atoms with Crippen LogP contribution in [0.2, 0.25) is 0 Å². The fourth-order valence-corrected chi connectivity index (χ4v) is 3.06. The van der Waals surface area contributed by atoms with Gasteiger partial charge in [-0.15, -0.1) is 0 Å². The number of hydrogen-bond donors (Lipinski definition) is 1. The predicted octanol–water partition coefficient (Wildman–Crippen LogP) is 2.43. The fourth-order valence-electron chi connectivity index (χ4n) is 3.06. The van der Waals surface area contributed by atoms with Crippen molar-refractivity contribution in [3.8, 4) is 0 Å². The number of carbonyl (C=O) groups is 1. The molecule has 0 bridgehead atoms. The average molecular weight is 245 g/mol. The number of allylic oxidation sites excluding steroid dienone is 2. The van der Waals surface area contributed by atoms with Crippen molar-refractivity contribution < 1.29 is 4.79 Å². The molecule has 1 aromatic rings. The van der Waals surface area contributed by atoms with Crippen LogP contribution in [0.4, 0.5) is 0 Å². The van der Waals surface area contributed by atoms with Gasteiger partial charge in [0.15, 0.2) is 0 Å². The molecule has 2 atom stereocenters. The first-order valence-corrected chi connectivity index (χ1v) is 6.81. The Labute approximate surface area is 107 Å². The second-order valence-corrected chi connectivity index (χ2v) is 5.18. The molecule has 1 saturated heterocycles. The van der Waals surface area contributed by atoms with E-state index in [-0.39, 0.29) is 12.0 Å². The fraction of sp³-hybridized carbons (Fsp3) is 0.571. The van der Waals surface area contributed by atoms with Crippen LogP contribution < -0.4 is 0 Å². The van der Waals surface area contributed by atoms with E-state index >= 15 is 0 Å². The lowest BCUT2D eigenvalue weighted by Crippen LogP contribution is -2.36. The van der Waals surface area contributed by atoms with Gasteiger partial charge < -0.3 is 4.90 Å². The lowest BCUT2D eigenvalue weighted by Gasteiger charge is -2.28. The number of carbonyl (C=O) groups excluding carboxylic acids is 1. The number of aromatic amines is 1. The van der Waals surface area contributed by atoms with E-state index < -0.39 is 0 Å². The highest BCUT2D eigenvalue weighted by Gasteiger charge is 2.34. The Bertz CT molecular complexity index is 438. The van der Waals surface area contributed by atoms with E-state index in [2.05, 4.69) is 27.2 Å². The van der Waals surface area contributed by atoms with Crippen molar-refractivity contribution in [2.24, 2.45) is 5.92 Å². The number of aromatic nitrogens is 2. The molecule has 1 N–H and O–H groups in total. The summed E-state index contributed by atoms with van der Waals surface area (Å²) in [6.07, 6.45) is 11.2. The molecule has 1 aliphatic carbocycles. The first kappa shape index (κ1) is 11.5. The van der Waals surface area contributed by atoms with Gasteiger partial charge >= 0.3 is 0 Å². The van der Waals surface area contributed by atoms with Gasteiger partial charge in [-0.1, -0.05) is 12.2 Å². The molecule has 4 heteroatoms. The van der Waals surface area contributed by atoms with Crippen LogP contribution in [0.25, 0.3) is 0 Å². The zero-order chi connectivity index (χ0) is 12.4. The molecule has 4 nitrogen and oxygen atoms in total. The Morgan fingerprint density at radius 2 is 2.33 bits per heavy atom. The van der Waals surface area contributed by atoms with Crippen LogP contribution in [-0.4, -0.2) is 27.5 Å². The van der Waals surface area contributed by atoms with Crippen LogP contribution in [0.15, 0.2) is 24.4 Å². The van der Waals surface area contributed by atoms with E-state index in [9.17, 15) is 4.79 Å². The van der Waals surface area contributed by atoms with Crippen molar-refractivity contribution >= 4 is 5.91 Å². The summed E-state index contributed by atoms with van der Waals surface area (Å²) >= 11 is 0. The van der Waals surface area contributed by atoms with E-state index in [1.54, 1.807) is 6.20 Å². The summed E-state index contributed by atoms with van der Waals surface area (Å²) in [4.78, 5) is 14.6. The van der Waals surface area contributed by atoms with E-state index in [0.717, 1.165) is 44.3 Å². The summed E-state index contributed by atoms with van der Waals surface area (Å²) in [5.74, 6) is 0.523. The molecule has 1 aliphatic heterocycles. The molecule has 0 aromatic carbocycles. The summed E-state index contributed by atoms with van der Waals surface area (Å²) in [5.41, 5.74) is 1.08. The number of rotatable bonds is 2. The molecule has 1 aromatic heterocycles. The zero-order valence-electron chi connectivity index (χ0n) is 10.5. The Morgan fingerprint density at radius 3 is 3.06 bits per heavy atom. The maximum Gasteiger partial charge on any atom is 0.226 e. The molecule has 0 spiro atoms. The Kier molecular flexibility index (Phi) is 3.17. The molecule has 2 aliphatic rings. The van der Waals surface area contributed by atoms with Gasteiger partial charge in [0, 0.05) is 18.7 Å². The number of hydrogen-bond acceptors (Lipinski definition) is 2. The van der Waals surface area contributed by atoms with Gasteiger partial charge in [0.2, 0.25) is 5.91 Å². The van der Waals surface area contributed by atoms with Crippen molar-refractivity contribution in [1.82, 2.24) is 15.1 Å². The normalized spacial score (nSPS) is 27.7. The van der Waals surface area contributed by atoms with Gasteiger partial charge in [-0.05, 0) is 38.2 Å². The third kappa shape index (κ3) is 2.07. The largest absolute Gasteiger partial charge is 0.334 e. The van der Waals surface area contributed by atoms with Crippen LogP contribution in [0.5, 0.6) is 0 Å². The molecular formula is C14H19N3O. The van der Waals surface area contributed by atoms with Crippen molar-refractivity contribution in [1.29, 1.82) is 0 Å². The van der Waals surface area contributed by atoms with Gasteiger partial charge in [-0.25, -0.2) is 0 Å². The molecule has 0 saturated carbocycles. The molecule has 2 heterocycles. The van der Waals surface area contributed by atoms with Crippen LogP contribution in [0.3, 0.4) is 0 Å². The van der Waals surface area contributed by atoms with Crippen LogP contribution in [0.1, 0.15) is 43.8 Å². The van der Waals surface area contributed by atoms with Crippen molar-refractivity contribution in [2.45, 2.75) is 38.1 Å². The standard InChI is InChI=1S/C14H19N3O/c18-14(11-5-2-1-3-6-11)17-10-4-7-13(17)12-8-9-15-16-12/h1-2,8-9,11,13H,3-7,10H2,(H,15,16)/t11-,13+/m1/s1. The third-order valence-corrected chi connectivity index (χ3v) is 4.04. The van der Waals surface area contributed by atoms with Crippen LogP contribution in [-0.2, 0) is 4.79 Å². The number of nitrogens with one attached hydrogen (secondary N) is 1. The van der Waals surface area contributed by atoms with Crippen molar-refractivity contribution in [2.75, 3.05) is 6.54 Å². The summed E-state index contributed by atoms with van der Waals surface area (Å²) in [6.45, 7) is 0.892. The number of amides is 1. The predicted molar refractivity (Wildman–Crippen MR) is 68.8 cm³/mol. The highest BCUT2D eigenvalue weighted by Crippen LogP contribution is 2.33. The monoisotopic (exact) mass is 245 g/mol. The molecule has 96 valence electrons. The topological polar surface area (TPSA) is 49.0 Å². The Hall–Kier alpha value is -1.58. The Morgan fingerprint density at radius 1 is 1.39 bits per heavy atom. The van der Waals surface area contributed by atoms with Crippen LogP contribution >= 0.6 is 0 Å². The van der Waals surface area contributed by atoms with E-state index in [0.29, 0.717) is 5.91 Å². The molecule has 3 rings (SSSR count). The van der Waals surface area contributed by atoms with Crippen LogP contribution in [0, 0.1) is 5.92 Å². The van der Waals surface area contributed by atoms with E-state index in [1.807, 2.05) is 6.07 Å². The number of likely N-dealkylation sites (tertiary alicyclic amines) is 1. The van der Waals surface area contributed by atoms with Crippen molar-refractivity contribution in [3.05, 3.63) is 30.1 Å². The summed E-state index contributed by atoms with van der Waals surface area (Å²) in [6, 6.07) is 2.20. The summed E-state index contributed by atoms with van der Waals surface area (Å²) in [7, 11) is 0. The summed E-state index contributed by atoms with van der Waals surface area (Å²) in [5, 5.41) is 7.01. The first-order chi connectivity index (χ1) is 8.86. The minimum atomic E-state index is 0.193. The molecular weight excluding hydrogens is 226 g/mol. The quantitative estimate of drug-likeness (QED) is 0.813. The van der Waals surface area contributed by atoms with Gasteiger partial charge in [0.25, 0.3) is 0 Å². The third-order valence-electron chi connectivity index (χ3n) is 4.04. The number of nitrogens with zero attached hydrogens (tertiary/aromatic N) is 2. The first-order valence-electron chi connectivity index (χ1n) is 6.81. The SMILES string of the molecule is O=C([C@@H]1CC=CCC1)N1CCC[C@H]1c1ccn[nH]1. The second-order valence-electron chi connectivity index (χ2n) is 5.18. The molecule has 1 amide bonds. The maximum atomic E-state index is 12.6.